The summed E-state index contributed by atoms with van der Waals surface area (Å²) in [6, 6.07) is 16.5. The van der Waals surface area contributed by atoms with Gasteiger partial charge in [-0.15, -0.1) is 0 Å². The molecule has 0 aliphatic carbocycles. The second kappa shape index (κ2) is 6.87. The van der Waals surface area contributed by atoms with E-state index in [1.165, 1.54) is 7.11 Å². The van der Waals surface area contributed by atoms with E-state index in [0.29, 0.717) is 22.9 Å². The van der Waals surface area contributed by atoms with Crippen LogP contribution in [0.1, 0.15) is 10.4 Å². The lowest BCUT2D eigenvalue weighted by Gasteiger charge is -2.09. The second-order valence-electron chi connectivity index (χ2n) is 5.06. The molecule has 3 rings (SSSR count). The van der Waals surface area contributed by atoms with E-state index in [4.69, 9.17) is 9.47 Å². The maximum absolute atomic E-state index is 12.4. The number of benzene rings is 2. The first-order valence-corrected chi connectivity index (χ1v) is 7.35. The van der Waals surface area contributed by atoms with Crippen molar-refractivity contribution < 1.29 is 14.3 Å². The first-order chi connectivity index (χ1) is 11.7. The van der Waals surface area contributed by atoms with Gasteiger partial charge in [0.1, 0.15) is 0 Å². The average molecular weight is 323 g/mol. The van der Waals surface area contributed by atoms with Gasteiger partial charge >= 0.3 is 0 Å². The Labute approximate surface area is 139 Å². The lowest BCUT2D eigenvalue weighted by atomic mass is 10.1. The highest BCUT2D eigenvalue weighted by Gasteiger charge is 2.12. The average Bonchev–Trinajstić information content (AvgIpc) is 3.10. The van der Waals surface area contributed by atoms with Gasteiger partial charge in [-0.2, -0.15) is 5.10 Å². The second-order valence-corrected chi connectivity index (χ2v) is 5.06. The van der Waals surface area contributed by atoms with E-state index in [2.05, 4.69) is 15.5 Å². The van der Waals surface area contributed by atoms with Crippen molar-refractivity contribution in [2.75, 3.05) is 19.5 Å². The Morgan fingerprint density at radius 3 is 2.46 bits per heavy atom. The molecule has 0 aliphatic rings. The van der Waals surface area contributed by atoms with E-state index in [1.807, 2.05) is 30.3 Å². The minimum atomic E-state index is -0.276. The van der Waals surface area contributed by atoms with Crippen molar-refractivity contribution >= 4 is 11.7 Å². The van der Waals surface area contributed by atoms with Crippen LogP contribution in [0.25, 0.3) is 11.3 Å². The first kappa shape index (κ1) is 15.6. The van der Waals surface area contributed by atoms with Gasteiger partial charge in [0.15, 0.2) is 17.3 Å². The Kier molecular flexibility index (Phi) is 4.47. The predicted molar refractivity (Wildman–Crippen MR) is 91.5 cm³/mol. The minimum absolute atomic E-state index is 0.276. The number of aromatic amines is 1. The molecule has 0 fully saturated rings. The number of amides is 1. The molecule has 0 radical (unpaired) electrons. The van der Waals surface area contributed by atoms with Gasteiger partial charge in [-0.05, 0) is 23.8 Å². The maximum atomic E-state index is 12.4. The molecule has 0 saturated carbocycles. The predicted octanol–water partition coefficient (Wildman–Crippen LogP) is 3.35. The van der Waals surface area contributed by atoms with E-state index in [0.717, 1.165) is 11.3 Å². The van der Waals surface area contributed by atoms with Crippen LogP contribution in [0.4, 0.5) is 5.82 Å². The van der Waals surface area contributed by atoms with Gasteiger partial charge in [-0.25, -0.2) is 0 Å². The summed E-state index contributed by atoms with van der Waals surface area (Å²) in [5.74, 6) is 1.24. The fourth-order valence-corrected chi connectivity index (χ4v) is 2.32. The summed E-state index contributed by atoms with van der Waals surface area (Å²) >= 11 is 0. The van der Waals surface area contributed by atoms with Crippen LogP contribution in [0.5, 0.6) is 11.5 Å². The van der Waals surface area contributed by atoms with Crippen molar-refractivity contribution in [1.29, 1.82) is 0 Å². The molecule has 0 atom stereocenters. The molecule has 1 aromatic heterocycles. The minimum Gasteiger partial charge on any atom is -0.493 e. The van der Waals surface area contributed by atoms with Crippen molar-refractivity contribution in [2.24, 2.45) is 0 Å². The van der Waals surface area contributed by atoms with E-state index in [9.17, 15) is 4.79 Å². The number of hydrogen-bond donors (Lipinski definition) is 2. The standard InChI is InChI=1S/C18H17N3O3/c1-23-15-9-8-13(10-16(15)24-2)18(22)19-17-11-14(20-21-17)12-6-4-3-5-7-12/h3-11H,1-2H3,(H2,19,20,21,22). The van der Waals surface area contributed by atoms with Gasteiger partial charge in [0, 0.05) is 11.6 Å². The number of ether oxygens (including phenoxy) is 2. The van der Waals surface area contributed by atoms with Crippen LogP contribution in [0.15, 0.2) is 54.6 Å². The third-order valence-corrected chi connectivity index (χ3v) is 3.55. The number of methoxy groups -OCH3 is 2. The van der Waals surface area contributed by atoms with Crippen LogP contribution >= 0.6 is 0 Å². The van der Waals surface area contributed by atoms with Crippen molar-refractivity contribution in [3.8, 4) is 22.8 Å². The molecule has 24 heavy (non-hydrogen) atoms. The largest absolute Gasteiger partial charge is 0.493 e. The van der Waals surface area contributed by atoms with Gasteiger partial charge in [-0.1, -0.05) is 30.3 Å². The molecule has 0 unspecified atom stereocenters. The van der Waals surface area contributed by atoms with E-state index in [-0.39, 0.29) is 5.91 Å². The smallest absolute Gasteiger partial charge is 0.257 e. The number of aromatic nitrogens is 2. The summed E-state index contributed by atoms with van der Waals surface area (Å²) in [6.07, 6.45) is 0. The summed E-state index contributed by atoms with van der Waals surface area (Å²) in [6.45, 7) is 0. The van der Waals surface area contributed by atoms with E-state index >= 15 is 0 Å². The number of carbonyl (C=O) groups excluding carboxylic acids is 1. The quantitative estimate of drug-likeness (QED) is 0.755. The molecule has 0 saturated heterocycles. The number of H-pyrrole nitrogens is 1. The van der Waals surface area contributed by atoms with Crippen molar-refractivity contribution in [3.05, 3.63) is 60.2 Å². The third-order valence-electron chi connectivity index (χ3n) is 3.55. The van der Waals surface area contributed by atoms with Gasteiger partial charge in [0.25, 0.3) is 5.91 Å². The summed E-state index contributed by atoms with van der Waals surface area (Å²) in [7, 11) is 3.08. The normalized spacial score (nSPS) is 10.2. The van der Waals surface area contributed by atoms with Gasteiger partial charge in [0.2, 0.25) is 0 Å². The number of carbonyl (C=O) groups is 1. The van der Waals surface area contributed by atoms with Crippen LogP contribution in [0.2, 0.25) is 0 Å². The van der Waals surface area contributed by atoms with Gasteiger partial charge in [-0.3, -0.25) is 9.89 Å². The molecule has 6 heteroatoms. The molecule has 0 bridgehead atoms. The lowest BCUT2D eigenvalue weighted by molar-refractivity contribution is 0.102. The van der Waals surface area contributed by atoms with E-state index < -0.39 is 0 Å². The fourth-order valence-electron chi connectivity index (χ4n) is 2.32. The summed E-state index contributed by atoms with van der Waals surface area (Å²) in [5, 5.41) is 9.79. The zero-order chi connectivity index (χ0) is 16.9. The highest BCUT2D eigenvalue weighted by molar-refractivity contribution is 6.04. The SMILES string of the molecule is COc1ccc(C(=O)Nc2cc(-c3ccccc3)[nH]n2)cc1OC. The lowest BCUT2D eigenvalue weighted by Crippen LogP contribution is -2.12. The Bertz CT molecular complexity index is 844. The van der Waals surface area contributed by atoms with Gasteiger partial charge < -0.3 is 14.8 Å². The molecule has 0 aliphatic heterocycles. The molecular formula is C18H17N3O3. The first-order valence-electron chi connectivity index (χ1n) is 7.35. The van der Waals surface area contributed by atoms with Crippen LogP contribution < -0.4 is 14.8 Å². The van der Waals surface area contributed by atoms with Gasteiger partial charge in [0.05, 0.1) is 19.9 Å². The summed E-state index contributed by atoms with van der Waals surface area (Å²) in [4.78, 5) is 12.4. The monoisotopic (exact) mass is 323 g/mol. The number of anilines is 1. The van der Waals surface area contributed by atoms with Crippen LogP contribution in [-0.4, -0.2) is 30.3 Å². The molecule has 1 heterocycles. The molecular weight excluding hydrogens is 306 g/mol. The summed E-state index contributed by atoms with van der Waals surface area (Å²) in [5.41, 5.74) is 2.28. The number of rotatable bonds is 5. The van der Waals surface area contributed by atoms with Crippen LogP contribution in [-0.2, 0) is 0 Å². The molecule has 0 spiro atoms. The Hall–Kier alpha value is -3.28. The maximum Gasteiger partial charge on any atom is 0.257 e. The fraction of sp³-hybridized carbons (Fsp3) is 0.111. The molecule has 2 N–H and O–H groups in total. The van der Waals surface area contributed by atoms with Crippen LogP contribution in [0.3, 0.4) is 0 Å². The molecule has 122 valence electrons. The zero-order valence-electron chi connectivity index (χ0n) is 13.4. The van der Waals surface area contributed by atoms with Crippen molar-refractivity contribution in [2.45, 2.75) is 0 Å². The Morgan fingerprint density at radius 2 is 1.75 bits per heavy atom. The van der Waals surface area contributed by atoms with Crippen LogP contribution in [0, 0.1) is 0 Å². The highest BCUT2D eigenvalue weighted by atomic mass is 16.5. The zero-order valence-corrected chi connectivity index (χ0v) is 13.4. The molecule has 3 aromatic rings. The molecule has 1 amide bonds. The Morgan fingerprint density at radius 1 is 1.00 bits per heavy atom. The number of nitrogens with zero attached hydrogens (tertiary/aromatic N) is 1. The van der Waals surface area contributed by atoms with E-state index in [1.54, 1.807) is 31.4 Å². The van der Waals surface area contributed by atoms with Crippen molar-refractivity contribution in [3.63, 3.8) is 0 Å². The molecule has 6 nitrogen and oxygen atoms in total. The summed E-state index contributed by atoms with van der Waals surface area (Å²) < 4.78 is 10.4. The van der Waals surface area contributed by atoms with Crippen molar-refractivity contribution in [1.82, 2.24) is 10.2 Å². The highest BCUT2D eigenvalue weighted by Crippen LogP contribution is 2.28. The molecule has 2 aromatic carbocycles. The number of nitrogens with one attached hydrogen (secondary N) is 2. The topological polar surface area (TPSA) is 76.2 Å². The number of hydrogen-bond acceptors (Lipinski definition) is 4. The third kappa shape index (κ3) is 3.22. The Balaban J connectivity index is 1.77.